The number of para-hydroxylation sites is 1. The molecule has 0 saturated heterocycles. The third kappa shape index (κ3) is 4.82. The van der Waals surface area contributed by atoms with Crippen LogP contribution in [0.15, 0.2) is 64.1 Å². The summed E-state index contributed by atoms with van der Waals surface area (Å²) in [4.78, 5) is 22.8. The molecule has 30 heavy (non-hydrogen) atoms. The van der Waals surface area contributed by atoms with Gasteiger partial charge < -0.3 is 13.9 Å². The number of methoxy groups -OCH3 is 2. The number of nitrogens with zero attached hydrogens (tertiary/aromatic N) is 2. The first kappa shape index (κ1) is 20.6. The molecular formula is C21H19N3O6. The summed E-state index contributed by atoms with van der Waals surface area (Å²) in [7, 11) is 3.06. The van der Waals surface area contributed by atoms with Crippen LogP contribution >= 0.6 is 0 Å². The maximum absolute atomic E-state index is 12.1. The van der Waals surface area contributed by atoms with E-state index >= 15 is 0 Å². The van der Waals surface area contributed by atoms with E-state index in [2.05, 4.69) is 10.5 Å². The average molecular weight is 409 g/mol. The minimum atomic E-state index is -0.472. The number of hydrogen-bond donors (Lipinski definition) is 1. The molecule has 9 nitrogen and oxygen atoms in total. The molecule has 0 unspecified atom stereocenters. The van der Waals surface area contributed by atoms with E-state index in [0.717, 1.165) is 5.56 Å². The monoisotopic (exact) mass is 409 g/mol. The predicted molar refractivity (Wildman–Crippen MR) is 110 cm³/mol. The molecule has 0 aliphatic rings. The Bertz CT molecular complexity index is 1090. The van der Waals surface area contributed by atoms with Crippen LogP contribution in [-0.2, 0) is 11.2 Å². The number of hydrogen-bond acceptors (Lipinski definition) is 7. The first-order valence-electron chi connectivity index (χ1n) is 8.88. The lowest BCUT2D eigenvalue weighted by molar-refractivity contribution is -0.384. The Morgan fingerprint density at radius 1 is 1.13 bits per heavy atom. The fourth-order valence-electron chi connectivity index (χ4n) is 2.79. The molecule has 2 aromatic carbocycles. The summed E-state index contributed by atoms with van der Waals surface area (Å²) in [6, 6.07) is 14.7. The standard InChI is InChI=1S/C21H19N3O6/c1-28-19-9-7-14(11-20(19)29-2)12-21(25)23-22-13-15-8-10-18(30-15)16-5-3-4-6-17(16)24(26)27/h3-11,13H,12H2,1-2H3,(H,23,25)/b22-13-. The van der Waals surface area contributed by atoms with Gasteiger partial charge in [-0.05, 0) is 35.9 Å². The molecule has 0 aliphatic carbocycles. The first-order valence-corrected chi connectivity index (χ1v) is 8.88. The minimum Gasteiger partial charge on any atom is -0.493 e. The summed E-state index contributed by atoms with van der Waals surface area (Å²) in [5.41, 5.74) is 3.45. The molecule has 1 amide bonds. The third-order valence-corrected chi connectivity index (χ3v) is 4.19. The van der Waals surface area contributed by atoms with Gasteiger partial charge in [0.15, 0.2) is 11.5 Å². The number of hydrazone groups is 1. The Morgan fingerprint density at radius 2 is 1.90 bits per heavy atom. The zero-order chi connectivity index (χ0) is 21.5. The van der Waals surface area contributed by atoms with Crippen LogP contribution in [0.5, 0.6) is 11.5 Å². The smallest absolute Gasteiger partial charge is 0.280 e. The molecule has 0 saturated carbocycles. The van der Waals surface area contributed by atoms with E-state index in [0.29, 0.717) is 28.6 Å². The Balaban J connectivity index is 1.63. The van der Waals surface area contributed by atoms with E-state index in [1.807, 2.05) is 0 Å². The van der Waals surface area contributed by atoms with Crippen molar-refractivity contribution in [2.24, 2.45) is 5.10 Å². The van der Waals surface area contributed by atoms with Gasteiger partial charge >= 0.3 is 0 Å². The molecule has 9 heteroatoms. The van der Waals surface area contributed by atoms with Crippen molar-refractivity contribution >= 4 is 17.8 Å². The number of rotatable bonds is 8. The van der Waals surface area contributed by atoms with Crippen molar-refractivity contribution in [3.05, 3.63) is 76.0 Å². The average Bonchev–Trinajstić information content (AvgIpc) is 3.22. The number of benzene rings is 2. The number of carbonyl (C=O) groups excluding carboxylic acids is 1. The van der Waals surface area contributed by atoms with E-state index in [1.165, 1.54) is 26.5 Å². The molecule has 0 radical (unpaired) electrons. The molecule has 1 N–H and O–H groups in total. The normalized spacial score (nSPS) is 10.7. The maximum Gasteiger partial charge on any atom is 0.280 e. The summed E-state index contributed by atoms with van der Waals surface area (Å²) in [5.74, 6) is 1.45. The lowest BCUT2D eigenvalue weighted by Crippen LogP contribution is -2.19. The summed E-state index contributed by atoms with van der Waals surface area (Å²) >= 11 is 0. The van der Waals surface area contributed by atoms with Gasteiger partial charge in [0.1, 0.15) is 11.5 Å². The molecule has 0 bridgehead atoms. The van der Waals surface area contributed by atoms with Gasteiger partial charge in [-0.25, -0.2) is 5.43 Å². The highest BCUT2D eigenvalue weighted by molar-refractivity contribution is 5.82. The number of furan rings is 1. The predicted octanol–water partition coefficient (Wildman–Crippen LogP) is 3.56. The Kier molecular flexibility index (Phi) is 6.43. The molecule has 0 atom stereocenters. The van der Waals surface area contributed by atoms with Crippen molar-refractivity contribution in [1.82, 2.24) is 5.43 Å². The first-order chi connectivity index (χ1) is 14.5. The Labute approximate surface area is 172 Å². The fourth-order valence-corrected chi connectivity index (χ4v) is 2.79. The van der Waals surface area contributed by atoms with Crippen LogP contribution in [0.3, 0.4) is 0 Å². The van der Waals surface area contributed by atoms with Gasteiger partial charge in [-0.3, -0.25) is 14.9 Å². The number of nitrogens with one attached hydrogen (secondary N) is 1. The van der Waals surface area contributed by atoms with Crippen molar-refractivity contribution in [3.8, 4) is 22.8 Å². The van der Waals surface area contributed by atoms with Crippen molar-refractivity contribution in [2.45, 2.75) is 6.42 Å². The van der Waals surface area contributed by atoms with E-state index in [-0.39, 0.29) is 18.0 Å². The van der Waals surface area contributed by atoms with Gasteiger partial charge in [-0.1, -0.05) is 18.2 Å². The van der Waals surface area contributed by atoms with Crippen LogP contribution in [0.1, 0.15) is 11.3 Å². The highest BCUT2D eigenvalue weighted by Gasteiger charge is 2.16. The zero-order valence-corrected chi connectivity index (χ0v) is 16.3. The number of nitro benzene ring substituents is 1. The van der Waals surface area contributed by atoms with E-state index < -0.39 is 4.92 Å². The topological polar surface area (TPSA) is 116 Å². The van der Waals surface area contributed by atoms with Crippen molar-refractivity contribution < 1.29 is 23.6 Å². The number of carbonyl (C=O) groups is 1. The van der Waals surface area contributed by atoms with Crippen molar-refractivity contribution in [2.75, 3.05) is 14.2 Å². The van der Waals surface area contributed by atoms with Gasteiger partial charge in [-0.15, -0.1) is 0 Å². The lowest BCUT2D eigenvalue weighted by atomic mass is 10.1. The molecule has 1 aromatic heterocycles. The lowest BCUT2D eigenvalue weighted by Gasteiger charge is -2.09. The fraction of sp³-hybridized carbons (Fsp3) is 0.143. The van der Waals surface area contributed by atoms with Gasteiger partial charge in [0.05, 0.1) is 37.3 Å². The Hall–Kier alpha value is -4.14. The molecular weight excluding hydrogens is 390 g/mol. The van der Waals surface area contributed by atoms with Gasteiger partial charge in [-0.2, -0.15) is 5.10 Å². The minimum absolute atomic E-state index is 0.0569. The number of ether oxygens (including phenoxy) is 2. The molecule has 0 spiro atoms. The van der Waals surface area contributed by atoms with Gasteiger partial charge in [0.25, 0.3) is 5.69 Å². The Morgan fingerprint density at radius 3 is 2.63 bits per heavy atom. The van der Waals surface area contributed by atoms with E-state index in [4.69, 9.17) is 13.9 Å². The summed E-state index contributed by atoms with van der Waals surface area (Å²) in [6.07, 6.45) is 1.42. The maximum atomic E-state index is 12.1. The summed E-state index contributed by atoms with van der Waals surface area (Å²) in [5, 5.41) is 15.0. The van der Waals surface area contributed by atoms with E-state index in [9.17, 15) is 14.9 Å². The number of nitro groups is 1. The molecule has 0 fully saturated rings. The van der Waals surface area contributed by atoms with Crippen LogP contribution in [0.2, 0.25) is 0 Å². The third-order valence-electron chi connectivity index (χ3n) is 4.19. The second-order valence-electron chi connectivity index (χ2n) is 6.14. The van der Waals surface area contributed by atoms with Crippen molar-refractivity contribution in [1.29, 1.82) is 0 Å². The molecule has 3 aromatic rings. The second kappa shape index (κ2) is 9.37. The quantitative estimate of drug-likeness (QED) is 0.345. The molecule has 3 rings (SSSR count). The van der Waals surface area contributed by atoms with Crippen LogP contribution < -0.4 is 14.9 Å². The second-order valence-corrected chi connectivity index (χ2v) is 6.14. The van der Waals surface area contributed by atoms with Gasteiger partial charge in [0, 0.05) is 6.07 Å². The van der Waals surface area contributed by atoms with Crippen molar-refractivity contribution in [3.63, 3.8) is 0 Å². The summed E-state index contributed by atoms with van der Waals surface area (Å²) in [6.45, 7) is 0. The molecule has 154 valence electrons. The molecule has 0 aliphatic heterocycles. The van der Waals surface area contributed by atoms with Crippen LogP contribution in [-0.4, -0.2) is 31.3 Å². The van der Waals surface area contributed by atoms with Gasteiger partial charge in [0.2, 0.25) is 5.91 Å². The number of amides is 1. The largest absolute Gasteiger partial charge is 0.493 e. The highest BCUT2D eigenvalue weighted by Crippen LogP contribution is 2.30. The SMILES string of the molecule is COc1ccc(CC(=O)N/N=C\c2ccc(-c3ccccc3[N+](=O)[O-])o2)cc1OC. The van der Waals surface area contributed by atoms with Crippen LogP contribution in [0.25, 0.3) is 11.3 Å². The summed E-state index contributed by atoms with van der Waals surface area (Å²) < 4.78 is 16.0. The van der Waals surface area contributed by atoms with E-state index in [1.54, 1.807) is 48.5 Å². The van der Waals surface area contributed by atoms with Crippen LogP contribution in [0.4, 0.5) is 5.69 Å². The highest BCUT2D eigenvalue weighted by atomic mass is 16.6. The molecule has 1 heterocycles. The zero-order valence-electron chi connectivity index (χ0n) is 16.3. The van der Waals surface area contributed by atoms with Crippen LogP contribution in [0, 0.1) is 10.1 Å².